The number of Topliss-reactive ketones (excluding diaryl/α,β-unsaturated/α-hetero) is 1. The zero-order valence-electron chi connectivity index (χ0n) is 19.4. The zero-order chi connectivity index (χ0) is 24.7. The van der Waals surface area contributed by atoms with Crippen molar-refractivity contribution in [3.63, 3.8) is 0 Å². The van der Waals surface area contributed by atoms with Gasteiger partial charge in [0.2, 0.25) is 0 Å². The highest BCUT2D eigenvalue weighted by Gasteiger charge is 2.42. The second kappa shape index (κ2) is 9.57. The fourth-order valence-corrected chi connectivity index (χ4v) is 5.49. The van der Waals surface area contributed by atoms with E-state index in [1.54, 1.807) is 0 Å². The Morgan fingerprint density at radius 1 is 0.914 bits per heavy atom. The minimum absolute atomic E-state index is 0.0951. The molecule has 3 aromatic carbocycles. The van der Waals surface area contributed by atoms with E-state index in [0.29, 0.717) is 5.02 Å². The molecular formula is C30H24Br2ClNO. The summed E-state index contributed by atoms with van der Waals surface area (Å²) in [4.78, 5) is 14.1. The number of hydrogen-bond acceptors (Lipinski definition) is 2. The van der Waals surface area contributed by atoms with Gasteiger partial charge in [-0.25, -0.2) is 0 Å². The molecule has 0 radical (unpaired) electrons. The van der Waals surface area contributed by atoms with Crippen LogP contribution in [-0.4, -0.2) is 5.78 Å². The molecule has 0 spiro atoms. The maximum absolute atomic E-state index is 14.1. The summed E-state index contributed by atoms with van der Waals surface area (Å²) in [7, 11) is 0. The topological polar surface area (TPSA) is 29.1 Å². The molecule has 35 heavy (non-hydrogen) atoms. The molecule has 2 aliphatic rings. The average Bonchev–Trinajstić information content (AvgIpc) is 2.83. The molecule has 0 aromatic heterocycles. The highest BCUT2D eigenvalue weighted by Crippen LogP contribution is 2.48. The van der Waals surface area contributed by atoms with E-state index in [-0.39, 0.29) is 17.1 Å². The molecule has 176 valence electrons. The van der Waals surface area contributed by atoms with E-state index in [2.05, 4.69) is 69.2 Å². The number of ketones is 1. The van der Waals surface area contributed by atoms with E-state index in [4.69, 9.17) is 11.6 Å². The van der Waals surface area contributed by atoms with Gasteiger partial charge in [0, 0.05) is 42.4 Å². The second-order valence-electron chi connectivity index (χ2n) is 9.63. The highest BCUT2D eigenvalue weighted by molar-refractivity contribution is 9.10. The van der Waals surface area contributed by atoms with Gasteiger partial charge in [-0.1, -0.05) is 93.7 Å². The normalized spacial score (nSPS) is 20.4. The number of halogens is 3. The molecule has 0 amide bonds. The Kier molecular flexibility index (Phi) is 6.65. The van der Waals surface area contributed by atoms with E-state index >= 15 is 0 Å². The number of benzene rings is 3. The van der Waals surface area contributed by atoms with Gasteiger partial charge >= 0.3 is 0 Å². The minimum Gasteiger partial charge on any atom is -0.358 e. The van der Waals surface area contributed by atoms with Crippen LogP contribution in [0.4, 0.5) is 0 Å². The number of nitrogens with one attached hydrogen (secondary N) is 1. The summed E-state index contributed by atoms with van der Waals surface area (Å²) in [6.45, 7) is 4.30. The fourth-order valence-electron chi connectivity index (χ4n) is 4.83. The fraction of sp³-hybridized carbons (Fsp3) is 0.167. The molecule has 3 aromatic rings. The number of allylic oxidation sites excluding steroid dienone is 4. The Morgan fingerprint density at radius 3 is 2.14 bits per heavy atom. The summed E-state index contributed by atoms with van der Waals surface area (Å²) in [5.41, 5.74) is 6.49. The molecule has 1 atom stereocenters. The zero-order valence-corrected chi connectivity index (χ0v) is 23.3. The molecule has 1 N–H and O–H groups in total. The molecule has 5 rings (SSSR count). The van der Waals surface area contributed by atoms with Crippen LogP contribution < -0.4 is 5.32 Å². The van der Waals surface area contributed by atoms with Gasteiger partial charge in [0.15, 0.2) is 5.78 Å². The number of rotatable bonds is 3. The molecule has 1 aliphatic carbocycles. The van der Waals surface area contributed by atoms with Gasteiger partial charge in [0.05, 0.1) is 0 Å². The Bertz CT molecular complexity index is 1380. The SMILES string of the molecule is CC1(C)CC2=C(C(=O)/C1=C\c1ccc(Br)cc1)C(c1ccc(Cl)cc1)C=C(c1ccc(Br)cc1)N2. The van der Waals surface area contributed by atoms with Gasteiger partial charge in [-0.05, 0) is 77.1 Å². The van der Waals surface area contributed by atoms with Crippen LogP contribution in [0.3, 0.4) is 0 Å². The number of carbonyl (C=O) groups excluding carboxylic acids is 1. The first-order valence-electron chi connectivity index (χ1n) is 11.5. The van der Waals surface area contributed by atoms with Crippen LogP contribution >= 0.6 is 43.5 Å². The molecule has 1 heterocycles. The van der Waals surface area contributed by atoms with Crippen LogP contribution in [0.2, 0.25) is 5.02 Å². The Balaban J connectivity index is 1.63. The van der Waals surface area contributed by atoms with Crippen molar-refractivity contribution in [2.75, 3.05) is 0 Å². The van der Waals surface area contributed by atoms with Crippen molar-refractivity contribution in [2.45, 2.75) is 26.2 Å². The maximum Gasteiger partial charge on any atom is 0.188 e. The van der Waals surface area contributed by atoms with Gasteiger partial charge in [-0.3, -0.25) is 4.79 Å². The predicted octanol–water partition coefficient (Wildman–Crippen LogP) is 8.93. The van der Waals surface area contributed by atoms with Crippen molar-refractivity contribution in [1.29, 1.82) is 0 Å². The summed E-state index contributed by atoms with van der Waals surface area (Å²) in [6, 6.07) is 24.1. The smallest absolute Gasteiger partial charge is 0.188 e. The monoisotopic (exact) mass is 607 g/mol. The standard InChI is InChI=1S/C30H24Br2ClNO/c1-30(2)17-27-28(29(35)25(30)15-18-3-9-21(31)10-4-18)24(19-7-13-23(33)14-8-19)16-26(34-27)20-5-11-22(32)12-6-20/h3-16,24,34H,17H2,1-2H3/b25-15+. The number of dihydropyridines is 1. The minimum atomic E-state index is -0.317. The third-order valence-electron chi connectivity index (χ3n) is 6.66. The first kappa shape index (κ1) is 24.3. The van der Waals surface area contributed by atoms with Gasteiger partial charge in [0.25, 0.3) is 0 Å². The molecule has 0 saturated heterocycles. The van der Waals surface area contributed by atoms with Gasteiger partial charge in [0.1, 0.15) is 0 Å². The van der Waals surface area contributed by atoms with Crippen LogP contribution in [0, 0.1) is 5.41 Å². The first-order chi connectivity index (χ1) is 16.7. The van der Waals surface area contributed by atoms with E-state index in [0.717, 1.165) is 54.6 Å². The molecule has 0 bridgehead atoms. The van der Waals surface area contributed by atoms with Crippen molar-refractivity contribution in [1.82, 2.24) is 5.32 Å². The average molecular weight is 610 g/mol. The van der Waals surface area contributed by atoms with Crippen LogP contribution in [0.5, 0.6) is 0 Å². The lowest BCUT2D eigenvalue weighted by Crippen LogP contribution is -2.37. The Hall–Kier alpha value is -2.40. The summed E-state index contributed by atoms with van der Waals surface area (Å²) in [5.74, 6) is -0.0724. The summed E-state index contributed by atoms with van der Waals surface area (Å²) in [5, 5.41) is 4.31. The number of carbonyl (C=O) groups is 1. The van der Waals surface area contributed by atoms with E-state index in [9.17, 15) is 4.79 Å². The Labute approximate surface area is 228 Å². The first-order valence-corrected chi connectivity index (χ1v) is 13.4. The van der Waals surface area contributed by atoms with Crippen molar-refractivity contribution in [3.05, 3.63) is 126 Å². The Morgan fingerprint density at radius 2 is 1.51 bits per heavy atom. The summed E-state index contributed by atoms with van der Waals surface area (Å²) < 4.78 is 2.05. The molecule has 1 aliphatic heterocycles. The summed E-state index contributed by atoms with van der Waals surface area (Å²) in [6.07, 6.45) is 4.96. The van der Waals surface area contributed by atoms with E-state index in [1.807, 2.05) is 66.7 Å². The maximum atomic E-state index is 14.1. The van der Waals surface area contributed by atoms with Gasteiger partial charge in [-0.15, -0.1) is 0 Å². The number of hydrogen-bond donors (Lipinski definition) is 1. The van der Waals surface area contributed by atoms with Crippen molar-refractivity contribution in [3.8, 4) is 0 Å². The van der Waals surface area contributed by atoms with Crippen LogP contribution in [0.25, 0.3) is 11.8 Å². The van der Waals surface area contributed by atoms with E-state index < -0.39 is 0 Å². The van der Waals surface area contributed by atoms with Gasteiger partial charge in [-0.2, -0.15) is 0 Å². The molecular weight excluding hydrogens is 586 g/mol. The quantitative estimate of drug-likeness (QED) is 0.301. The largest absolute Gasteiger partial charge is 0.358 e. The molecule has 5 heteroatoms. The molecule has 0 saturated carbocycles. The van der Waals surface area contributed by atoms with Gasteiger partial charge < -0.3 is 5.32 Å². The lowest BCUT2D eigenvalue weighted by molar-refractivity contribution is -0.113. The highest BCUT2D eigenvalue weighted by atomic mass is 79.9. The van der Waals surface area contributed by atoms with Crippen LogP contribution in [-0.2, 0) is 4.79 Å². The lowest BCUT2D eigenvalue weighted by atomic mass is 9.67. The second-order valence-corrected chi connectivity index (χ2v) is 11.9. The molecule has 0 fully saturated rings. The van der Waals surface area contributed by atoms with Crippen LogP contribution in [0.1, 0.15) is 42.9 Å². The summed E-state index contributed by atoms with van der Waals surface area (Å²) >= 11 is 13.2. The predicted molar refractivity (Wildman–Crippen MR) is 152 cm³/mol. The van der Waals surface area contributed by atoms with Crippen LogP contribution in [0.15, 0.2) is 105 Å². The third-order valence-corrected chi connectivity index (χ3v) is 7.97. The third kappa shape index (κ3) is 4.97. The lowest BCUT2D eigenvalue weighted by Gasteiger charge is -2.40. The van der Waals surface area contributed by atoms with E-state index in [1.165, 1.54) is 0 Å². The molecule has 1 unspecified atom stereocenters. The van der Waals surface area contributed by atoms with Crippen molar-refractivity contribution < 1.29 is 4.79 Å². The van der Waals surface area contributed by atoms with Crippen molar-refractivity contribution in [2.24, 2.45) is 5.41 Å². The molecule has 2 nitrogen and oxygen atoms in total. The van der Waals surface area contributed by atoms with Crippen molar-refractivity contribution >= 4 is 61.0 Å².